The number of aromatic nitrogens is 2. The number of nitrogens with zero attached hydrogens (tertiary/aromatic N) is 2. The minimum absolute atomic E-state index is 0.0423. The first-order valence-electron chi connectivity index (χ1n) is 4.33. The summed E-state index contributed by atoms with van der Waals surface area (Å²) in [5, 5.41) is 14.5. The highest BCUT2D eigenvalue weighted by molar-refractivity contribution is 7.09. The van der Waals surface area contributed by atoms with Crippen molar-refractivity contribution in [1.29, 1.82) is 0 Å². The van der Waals surface area contributed by atoms with Gasteiger partial charge < -0.3 is 9.63 Å². The fourth-order valence-corrected chi connectivity index (χ4v) is 1.83. The minimum atomic E-state index is 0.0423. The van der Waals surface area contributed by atoms with E-state index in [-0.39, 0.29) is 6.61 Å². The average molecular weight is 210 g/mol. The van der Waals surface area contributed by atoms with E-state index in [0.717, 1.165) is 0 Å². The highest BCUT2D eigenvalue weighted by Crippen LogP contribution is 2.12. The number of thiophene rings is 1. The summed E-state index contributed by atoms with van der Waals surface area (Å²) in [5.74, 6) is 1.18. The van der Waals surface area contributed by atoms with Gasteiger partial charge in [0, 0.05) is 11.3 Å². The molecule has 1 N–H and O–H groups in total. The molecule has 74 valence electrons. The summed E-state index contributed by atoms with van der Waals surface area (Å²) in [6.45, 7) is 0.0423. The predicted molar refractivity (Wildman–Crippen MR) is 52.2 cm³/mol. The van der Waals surface area contributed by atoms with Gasteiger partial charge in [-0.25, -0.2) is 0 Å². The van der Waals surface area contributed by atoms with E-state index in [9.17, 15) is 0 Å². The van der Waals surface area contributed by atoms with E-state index < -0.39 is 0 Å². The predicted octanol–water partition coefficient (Wildman–Crippen LogP) is 1.26. The SMILES string of the molecule is OCCc1nc(Cc2cccs2)no1. The van der Waals surface area contributed by atoms with Gasteiger partial charge in [0.15, 0.2) is 5.82 Å². The third-order valence-corrected chi connectivity index (χ3v) is 2.62. The molecule has 5 heteroatoms. The van der Waals surface area contributed by atoms with E-state index in [1.54, 1.807) is 11.3 Å². The summed E-state index contributed by atoms with van der Waals surface area (Å²) in [4.78, 5) is 5.35. The molecule has 2 aromatic rings. The van der Waals surface area contributed by atoms with Crippen molar-refractivity contribution in [3.8, 4) is 0 Å². The molecule has 0 unspecified atom stereocenters. The van der Waals surface area contributed by atoms with Gasteiger partial charge in [0.25, 0.3) is 0 Å². The Morgan fingerprint density at radius 2 is 2.43 bits per heavy atom. The van der Waals surface area contributed by atoms with Crippen molar-refractivity contribution in [2.75, 3.05) is 6.61 Å². The zero-order valence-corrected chi connectivity index (χ0v) is 8.33. The molecule has 0 radical (unpaired) electrons. The van der Waals surface area contributed by atoms with Gasteiger partial charge in [-0.05, 0) is 11.4 Å². The standard InChI is InChI=1S/C9H10N2O2S/c12-4-3-9-10-8(11-13-9)6-7-2-1-5-14-7/h1-2,5,12H,3-4,6H2. The molecular formula is C9H10N2O2S. The number of hydrogen-bond acceptors (Lipinski definition) is 5. The Labute approximate surface area is 85.2 Å². The maximum Gasteiger partial charge on any atom is 0.228 e. The number of aliphatic hydroxyl groups excluding tert-OH is 1. The van der Waals surface area contributed by atoms with Crippen LogP contribution in [-0.2, 0) is 12.8 Å². The van der Waals surface area contributed by atoms with Crippen molar-refractivity contribution in [3.05, 3.63) is 34.1 Å². The van der Waals surface area contributed by atoms with Crippen molar-refractivity contribution >= 4 is 11.3 Å². The van der Waals surface area contributed by atoms with Crippen LogP contribution in [0, 0.1) is 0 Å². The van der Waals surface area contributed by atoms with E-state index in [0.29, 0.717) is 24.6 Å². The molecule has 14 heavy (non-hydrogen) atoms. The van der Waals surface area contributed by atoms with E-state index in [1.165, 1.54) is 4.88 Å². The summed E-state index contributed by atoms with van der Waals surface area (Å²) in [7, 11) is 0. The monoisotopic (exact) mass is 210 g/mol. The third-order valence-electron chi connectivity index (χ3n) is 1.75. The van der Waals surface area contributed by atoms with Crippen LogP contribution in [0.3, 0.4) is 0 Å². The Bertz CT molecular complexity index is 383. The largest absolute Gasteiger partial charge is 0.396 e. The smallest absolute Gasteiger partial charge is 0.228 e. The Kier molecular flexibility index (Phi) is 2.90. The second-order valence-corrected chi connectivity index (χ2v) is 3.87. The number of hydrogen-bond donors (Lipinski definition) is 1. The molecular weight excluding hydrogens is 200 g/mol. The second kappa shape index (κ2) is 4.34. The van der Waals surface area contributed by atoms with Gasteiger partial charge in [-0.2, -0.15) is 4.98 Å². The molecule has 0 spiro atoms. The lowest BCUT2D eigenvalue weighted by atomic mass is 10.3. The number of rotatable bonds is 4. The maximum absolute atomic E-state index is 8.66. The highest BCUT2D eigenvalue weighted by atomic mass is 32.1. The van der Waals surface area contributed by atoms with E-state index in [2.05, 4.69) is 10.1 Å². The van der Waals surface area contributed by atoms with Crippen LogP contribution < -0.4 is 0 Å². The molecule has 4 nitrogen and oxygen atoms in total. The minimum Gasteiger partial charge on any atom is -0.396 e. The lowest BCUT2D eigenvalue weighted by Crippen LogP contribution is -1.92. The average Bonchev–Trinajstić information content (AvgIpc) is 2.79. The van der Waals surface area contributed by atoms with Gasteiger partial charge >= 0.3 is 0 Å². The van der Waals surface area contributed by atoms with Crippen LogP contribution in [0.5, 0.6) is 0 Å². The summed E-state index contributed by atoms with van der Waals surface area (Å²) < 4.78 is 4.94. The lowest BCUT2D eigenvalue weighted by molar-refractivity contribution is 0.274. The molecule has 0 saturated heterocycles. The Morgan fingerprint density at radius 1 is 1.50 bits per heavy atom. The molecule has 2 aromatic heterocycles. The van der Waals surface area contributed by atoms with Crippen LogP contribution in [0.15, 0.2) is 22.0 Å². The Morgan fingerprint density at radius 3 is 3.14 bits per heavy atom. The van der Waals surface area contributed by atoms with Crippen molar-refractivity contribution in [2.45, 2.75) is 12.8 Å². The molecule has 0 aliphatic heterocycles. The van der Waals surface area contributed by atoms with Gasteiger partial charge in [-0.15, -0.1) is 11.3 Å². The molecule has 2 rings (SSSR count). The molecule has 0 saturated carbocycles. The topological polar surface area (TPSA) is 59.2 Å². The van der Waals surface area contributed by atoms with Gasteiger partial charge in [0.1, 0.15) is 0 Å². The summed E-state index contributed by atoms with van der Waals surface area (Å²) >= 11 is 1.67. The zero-order chi connectivity index (χ0) is 9.80. The van der Waals surface area contributed by atoms with Crippen molar-refractivity contribution in [3.63, 3.8) is 0 Å². The zero-order valence-electron chi connectivity index (χ0n) is 7.51. The van der Waals surface area contributed by atoms with Crippen molar-refractivity contribution in [1.82, 2.24) is 10.1 Å². The summed E-state index contributed by atoms with van der Waals surface area (Å²) in [6, 6.07) is 4.03. The van der Waals surface area contributed by atoms with Gasteiger partial charge in [0.2, 0.25) is 5.89 Å². The summed E-state index contributed by atoms with van der Waals surface area (Å²) in [6.07, 6.45) is 1.13. The second-order valence-electron chi connectivity index (χ2n) is 2.83. The molecule has 0 bridgehead atoms. The fraction of sp³-hybridized carbons (Fsp3) is 0.333. The van der Waals surface area contributed by atoms with Gasteiger partial charge in [-0.3, -0.25) is 0 Å². The van der Waals surface area contributed by atoms with Crippen LogP contribution in [0.2, 0.25) is 0 Å². The third kappa shape index (κ3) is 2.18. The molecule has 0 aromatic carbocycles. The van der Waals surface area contributed by atoms with Crippen LogP contribution >= 0.6 is 11.3 Å². The normalized spacial score (nSPS) is 10.6. The Balaban J connectivity index is 2.03. The van der Waals surface area contributed by atoms with Crippen LogP contribution in [0.4, 0.5) is 0 Å². The van der Waals surface area contributed by atoms with Crippen LogP contribution in [0.25, 0.3) is 0 Å². The first kappa shape index (κ1) is 9.36. The molecule has 2 heterocycles. The fourth-order valence-electron chi connectivity index (χ4n) is 1.13. The van der Waals surface area contributed by atoms with Crippen LogP contribution in [0.1, 0.15) is 16.6 Å². The van der Waals surface area contributed by atoms with Crippen molar-refractivity contribution in [2.24, 2.45) is 0 Å². The quantitative estimate of drug-likeness (QED) is 0.825. The molecule has 0 aliphatic rings. The van der Waals surface area contributed by atoms with Gasteiger partial charge in [0.05, 0.1) is 13.0 Å². The maximum atomic E-state index is 8.66. The molecule has 0 aliphatic carbocycles. The highest BCUT2D eigenvalue weighted by Gasteiger charge is 2.06. The molecule has 0 atom stereocenters. The first-order valence-corrected chi connectivity index (χ1v) is 5.21. The van der Waals surface area contributed by atoms with Crippen LogP contribution in [-0.4, -0.2) is 21.9 Å². The van der Waals surface area contributed by atoms with E-state index >= 15 is 0 Å². The molecule has 0 fully saturated rings. The number of aliphatic hydroxyl groups is 1. The molecule has 0 amide bonds. The lowest BCUT2D eigenvalue weighted by Gasteiger charge is -1.87. The first-order chi connectivity index (χ1) is 6.88. The van der Waals surface area contributed by atoms with Crippen molar-refractivity contribution < 1.29 is 9.63 Å². The summed E-state index contributed by atoms with van der Waals surface area (Å²) in [5.41, 5.74) is 0. The Hall–Kier alpha value is -1.20. The van der Waals surface area contributed by atoms with E-state index in [4.69, 9.17) is 9.63 Å². The van der Waals surface area contributed by atoms with Gasteiger partial charge in [-0.1, -0.05) is 11.2 Å². The van der Waals surface area contributed by atoms with E-state index in [1.807, 2.05) is 17.5 Å².